The fourth-order valence-corrected chi connectivity index (χ4v) is 2.53. The number of pyridine rings is 1. The number of ether oxygens (including phenoxy) is 1. The summed E-state index contributed by atoms with van der Waals surface area (Å²) in [7, 11) is 3.89. The van der Waals surface area contributed by atoms with Gasteiger partial charge < -0.3 is 20.3 Å². The van der Waals surface area contributed by atoms with Gasteiger partial charge in [0.25, 0.3) is 0 Å². The summed E-state index contributed by atoms with van der Waals surface area (Å²) in [5.41, 5.74) is 2.53. The normalized spacial score (nSPS) is 11.6. The molecule has 10 heteroatoms. The van der Waals surface area contributed by atoms with Crippen molar-refractivity contribution < 1.29 is 17.9 Å². The monoisotopic (exact) mass is 551 g/mol. The Hall–Kier alpha value is -2.08. The molecule has 0 aliphatic rings. The van der Waals surface area contributed by atoms with Crippen LogP contribution in [0.4, 0.5) is 19.0 Å². The number of aromatic nitrogens is 1. The van der Waals surface area contributed by atoms with Crippen molar-refractivity contribution in [2.24, 2.45) is 4.99 Å². The van der Waals surface area contributed by atoms with Crippen molar-refractivity contribution in [2.75, 3.05) is 32.1 Å². The summed E-state index contributed by atoms with van der Waals surface area (Å²) in [6.45, 7) is 2.34. The van der Waals surface area contributed by atoms with Crippen molar-refractivity contribution in [3.63, 3.8) is 0 Å². The first-order valence-electron chi connectivity index (χ1n) is 9.64. The summed E-state index contributed by atoms with van der Waals surface area (Å²) in [5.74, 6) is 1.54. The lowest BCUT2D eigenvalue weighted by molar-refractivity contribution is -0.176. The Balaban J connectivity index is 0.00000480. The van der Waals surface area contributed by atoms with Gasteiger partial charge in [-0.2, -0.15) is 13.2 Å². The van der Waals surface area contributed by atoms with E-state index in [0.29, 0.717) is 31.2 Å². The van der Waals surface area contributed by atoms with Gasteiger partial charge in [-0.3, -0.25) is 0 Å². The summed E-state index contributed by atoms with van der Waals surface area (Å²) in [6, 6.07) is 13.0. The van der Waals surface area contributed by atoms with Crippen molar-refractivity contribution in [3.05, 3.63) is 59.3 Å². The molecule has 0 unspecified atom stereocenters. The molecular weight excluding hydrogens is 522 g/mol. The number of hydrogen-bond acceptors (Lipinski definition) is 4. The molecule has 172 valence electrons. The Kier molecular flexibility index (Phi) is 11.6. The van der Waals surface area contributed by atoms with E-state index in [2.05, 4.69) is 25.3 Å². The number of hydrogen-bond donors (Lipinski definition) is 2. The van der Waals surface area contributed by atoms with E-state index in [9.17, 15) is 13.2 Å². The highest BCUT2D eigenvalue weighted by molar-refractivity contribution is 14.0. The molecule has 2 rings (SSSR count). The molecule has 2 N–H and O–H groups in total. The van der Waals surface area contributed by atoms with Crippen LogP contribution in [0.5, 0.6) is 0 Å². The van der Waals surface area contributed by atoms with Gasteiger partial charge in [0.1, 0.15) is 12.4 Å². The molecule has 1 aromatic carbocycles. The second-order valence-corrected chi connectivity index (χ2v) is 6.85. The fourth-order valence-electron chi connectivity index (χ4n) is 2.53. The van der Waals surface area contributed by atoms with Crippen molar-refractivity contribution in [2.45, 2.75) is 32.8 Å². The lowest BCUT2D eigenvalue weighted by Crippen LogP contribution is -2.37. The number of nitrogens with zero attached hydrogens (tertiary/aromatic N) is 3. The first-order valence-corrected chi connectivity index (χ1v) is 9.64. The molecule has 0 aliphatic carbocycles. The zero-order valence-corrected chi connectivity index (χ0v) is 20.2. The van der Waals surface area contributed by atoms with Crippen LogP contribution in [-0.4, -0.2) is 44.4 Å². The van der Waals surface area contributed by atoms with Crippen LogP contribution in [0.25, 0.3) is 0 Å². The zero-order chi connectivity index (χ0) is 22.0. The van der Waals surface area contributed by atoms with Crippen LogP contribution >= 0.6 is 24.0 Å². The van der Waals surface area contributed by atoms with E-state index < -0.39 is 12.8 Å². The van der Waals surface area contributed by atoms with Crippen molar-refractivity contribution in [1.29, 1.82) is 0 Å². The third-order valence-corrected chi connectivity index (χ3v) is 4.01. The van der Waals surface area contributed by atoms with Crippen molar-refractivity contribution >= 4 is 35.8 Å². The summed E-state index contributed by atoms with van der Waals surface area (Å²) >= 11 is 0. The third kappa shape index (κ3) is 10.7. The van der Waals surface area contributed by atoms with Gasteiger partial charge in [0, 0.05) is 20.6 Å². The number of halogens is 4. The van der Waals surface area contributed by atoms with Crippen LogP contribution < -0.4 is 15.5 Å². The van der Waals surface area contributed by atoms with Gasteiger partial charge in [-0.15, -0.1) is 24.0 Å². The Bertz CT molecular complexity index is 813. The minimum atomic E-state index is -4.31. The van der Waals surface area contributed by atoms with Gasteiger partial charge in [-0.05, 0) is 30.2 Å². The standard InChI is InChI=1S/C21H28F3N5O.HI/c1-4-25-20(27-13-18-6-5-7-19(28-18)29(2)3)26-12-16-8-10-17(11-9-16)14-30-15-21(22,23)24;/h5-11H,4,12-15H2,1-3H3,(H2,25,26,27);1H. The second-order valence-electron chi connectivity index (χ2n) is 6.85. The number of guanidine groups is 1. The van der Waals surface area contributed by atoms with Crippen molar-refractivity contribution in [3.8, 4) is 0 Å². The van der Waals surface area contributed by atoms with Gasteiger partial charge in [0.15, 0.2) is 5.96 Å². The predicted molar refractivity (Wildman–Crippen MR) is 128 cm³/mol. The van der Waals surface area contributed by atoms with Crippen LogP contribution in [0.1, 0.15) is 23.7 Å². The van der Waals surface area contributed by atoms with E-state index in [4.69, 9.17) is 0 Å². The predicted octanol–water partition coefficient (Wildman–Crippen LogP) is 4.10. The third-order valence-electron chi connectivity index (χ3n) is 4.01. The smallest absolute Gasteiger partial charge is 0.367 e. The Morgan fingerprint density at radius 3 is 2.35 bits per heavy atom. The molecule has 0 bridgehead atoms. The number of anilines is 1. The quantitative estimate of drug-likeness (QED) is 0.279. The van der Waals surface area contributed by atoms with E-state index in [-0.39, 0.29) is 30.6 Å². The Labute approximate surface area is 198 Å². The molecule has 6 nitrogen and oxygen atoms in total. The number of aliphatic imine (C=N–C) groups is 1. The van der Waals surface area contributed by atoms with Crippen molar-refractivity contribution in [1.82, 2.24) is 15.6 Å². The van der Waals surface area contributed by atoms with E-state index >= 15 is 0 Å². The van der Waals surface area contributed by atoms with E-state index in [1.165, 1.54) is 0 Å². The van der Waals surface area contributed by atoms with E-state index in [0.717, 1.165) is 17.1 Å². The first-order chi connectivity index (χ1) is 14.3. The molecule has 0 spiro atoms. The minimum absolute atomic E-state index is 0. The van der Waals surface area contributed by atoms with Crippen LogP contribution in [0.15, 0.2) is 47.5 Å². The summed E-state index contributed by atoms with van der Waals surface area (Å²) < 4.78 is 41.1. The number of nitrogens with one attached hydrogen (secondary N) is 2. The fraction of sp³-hybridized carbons (Fsp3) is 0.429. The topological polar surface area (TPSA) is 61.8 Å². The lowest BCUT2D eigenvalue weighted by Gasteiger charge is -2.14. The molecule has 0 saturated heterocycles. The average Bonchev–Trinajstić information content (AvgIpc) is 2.70. The maximum Gasteiger partial charge on any atom is 0.411 e. The maximum absolute atomic E-state index is 12.1. The average molecular weight is 551 g/mol. The maximum atomic E-state index is 12.1. The van der Waals surface area contributed by atoms with Crippen LogP contribution in [-0.2, 0) is 24.4 Å². The van der Waals surface area contributed by atoms with Crippen LogP contribution in [0.3, 0.4) is 0 Å². The SMILES string of the molecule is CCNC(=NCc1ccc(COCC(F)(F)F)cc1)NCc1cccc(N(C)C)n1.I. The van der Waals surface area contributed by atoms with Gasteiger partial charge in [0.2, 0.25) is 0 Å². The lowest BCUT2D eigenvalue weighted by atomic mass is 10.1. The second kappa shape index (κ2) is 13.4. The number of alkyl halides is 3. The molecule has 0 saturated carbocycles. The zero-order valence-electron chi connectivity index (χ0n) is 17.9. The minimum Gasteiger partial charge on any atom is -0.367 e. The molecule has 0 aliphatic heterocycles. The molecule has 0 amide bonds. The molecule has 31 heavy (non-hydrogen) atoms. The molecular formula is C21H29F3IN5O. The van der Waals surface area contributed by atoms with Gasteiger partial charge >= 0.3 is 6.18 Å². The van der Waals surface area contributed by atoms with E-state index in [1.807, 2.05) is 56.3 Å². The van der Waals surface area contributed by atoms with Gasteiger partial charge in [-0.25, -0.2) is 9.98 Å². The molecule has 1 aromatic heterocycles. The van der Waals surface area contributed by atoms with Gasteiger partial charge in [-0.1, -0.05) is 30.3 Å². The van der Waals surface area contributed by atoms with Crippen LogP contribution in [0, 0.1) is 0 Å². The molecule has 1 heterocycles. The highest BCUT2D eigenvalue weighted by atomic mass is 127. The Morgan fingerprint density at radius 1 is 1.06 bits per heavy atom. The summed E-state index contributed by atoms with van der Waals surface area (Å²) in [5, 5.41) is 6.45. The number of benzene rings is 1. The van der Waals surface area contributed by atoms with E-state index in [1.54, 1.807) is 12.1 Å². The number of rotatable bonds is 9. The summed E-state index contributed by atoms with van der Waals surface area (Å²) in [4.78, 5) is 11.1. The summed E-state index contributed by atoms with van der Waals surface area (Å²) in [6.07, 6.45) is -4.31. The molecule has 2 aromatic rings. The van der Waals surface area contributed by atoms with Crippen LogP contribution in [0.2, 0.25) is 0 Å². The molecule has 0 fully saturated rings. The Morgan fingerprint density at radius 2 is 1.74 bits per heavy atom. The van der Waals surface area contributed by atoms with Gasteiger partial charge in [0.05, 0.1) is 25.4 Å². The first kappa shape index (κ1) is 27.0. The highest BCUT2D eigenvalue weighted by Crippen LogP contribution is 2.16. The largest absolute Gasteiger partial charge is 0.411 e. The highest BCUT2D eigenvalue weighted by Gasteiger charge is 2.27. The molecule has 0 radical (unpaired) electrons. The molecule has 0 atom stereocenters.